The lowest BCUT2D eigenvalue weighted by Crippen LogP contribution is -2.49. The Morgan fingerprint density at radius 1 is 1.16 bits per heavy atom. The Bertz CT molecular complexity index is 373. The van der Waals surface area contributed by atoms with Gasteiger partial charge in [0, 0.05) is 20.3 Å². The Morgan fingerprint density at radius 2 is 1.68 bits per heavy atom. The van der Waals surface area contributed by atoms with Gasteiger partial charge in [-0.15, -0.1) is 0 Å². The van der Waals surface area contributed by atoms with Crippen molar-refractivity contribution in [1.82, 2.24) is 0 Å². The van der Waals surface area contributed by atoms with Gasteiger partial charge < -0.3 is 9.47 Å². The molecule has 5 nitrogen and oxygen atoms in total. The summed E-state index contributed by atoms with van der Waals surface area (Å²) in [6, 6.07) is 0. The van der Waals surface area contributed by atoms with Crippen LogP contribution in [0.25, 0.3) is 0 Å². The molecular weight excluding hydrogens is 248 g/mol. The van der Waals surface area contributed by atoms with Crippen LogP contribution in [0.2, 0.25) is 0 Å². The van der Waals surface area contributed by atoms with E-state index in [1.807, 2.05) is 0 Å². The summed E-state index contributed by atoms with van der Waals surface area (Å²) in [5.74, 6) is -4.03. The van der Waals surface area contributed by atoms with Crippen LogP contribution in [0.5, 0.6) is 0 Å². The summed E-state index contributed by atoms with van der Waals surface area (Å²) in [5.41, 5.74) is 0. The maximum absolute atomic E-state index is 12.0. The average molecular weight is 268 g/mol. The summed E-state index contributed by atoms with van der Waals surface area (Å²) >= 11 is 0. The van der Waals surface area contributed by atoms with Crippen LogP contribution in [0.4, 0.5) is 0 Å². The van der Waals surface area contributed by atoms with Gasteiger partial charge in [-0.25, -0.2) is 0 Å². The fourth-order valence-electron chi connectivity index (χ4n) is 2.77. The van der Waals surface area contributed by atoms with Crippen LogP contribution in [-0.2, 0) is 23.9 Å². The van der Waals surface area contributed by atoms with Crippen molar-refractivity contribution in [2.75, 3.05) is 0 Å². The monoisotopic (exact) mass is 268 g/mol. The number of ether oxygens (including phenoxy) is 2. The van der Waals surface area contributed by atoms with E-state index in [2.05, 4.69) is 0 Å². The first kappa shape index (κ1) is 14.0. The lowest BCUT2D eigenvalue weighted by atomic mass is 9.94. The summed E-state index contributed by atoms with van der Waals surface area (Å²) in [6.45, 7) is 2.95. The minimum atomic E-state index is -1.38. The zero-order chi connectivity index (χ0) is 14.0. The summed E-state index contributed by atoms with van der Waals surface area (Å²) < 4.78 is 9.89. The predicted molar refractivity (Wildman–Crippen MR) is 66.0 cm³/mol. The number of esters is 2. The summed E-state index contributed by atoms with van der Waals surface area (Å²) in [7, 11) is 0. The second kappa shape index (κ2) is 5.31. The van der Waals surface area contributed by atoms with Crippen molar-refractivity contribution in [1.29, 1.82) is 0 Å². The smallest absolute Gasteiger partial charge is 0.331 e. The van der Waals surface area contributed by atoms with Crippen LogP contribution < -0.4 is 0 Å². The maximum Gasteiger partial charge on any atom is 0.331 e. The van der Waals surface area contributed by atoms with E-state index < -0.39 is 23.6 Å². The van der Waals surface area contributed by atoms with E-state index >= 15 is 0 Å². The number of carbonyl (C=O) groups excluding carboxylic acids is 3. The zero-order valence-electron chi connectivity index (χ0n) is 11.4. The van der Waals surface area contributed by atoms with Crippen molar-refractivity contribution in [3.8, 4) is 0 Å². The second-order valence-electron chi connectivity index (χ2n) is 5.83. The molecule has 0 radical (unpaired) electrons. The van der Waals surface area contributed by atoms with Gasteiger partial charge >= 0.3 is 11.9 Å². The third kappa shape index (κ3) is 3.33. The molecule has 106 valence electrons. The van der Waals surface area contributed by atoms with Crippen molar-refractivity contribution in [3.63, 3.8) is 0 Å². The molecular formula is C14H20O5. The molecule has 1 aliphatic carbocycles. The van der Waals surface area contributed by atoms with E-state index in [0.29, 0.717) is 5.92 Å². The molecule has 19 heavy (non-hydrogen) atoms. The van der Waals surface area contributed by atoms with E-state index in [1.165, 1.54) is 26.7 Å². The van der Waals surface area contributed by atoms with Gasteiger partial charge in [-0.1, -0.05) is 25.7 Å². The van der Waals surface area contributed by atoms with Crippen LogP contribution in [0.15, 0.2) is 0 Å². The molecule has 1 aliphatic heterocycles. The van der Waals surface area contributed by atoms with E-state index in [9.17, 15) is 14.4 Å². The molecule has 0 aromatic heterocycles. The van der Waals surface area contributed by atoms with Crippen LogP contribution >= 0.6 is 0 Å². The van der Waals surface area contributed by atoms with Gasteiger partial charge in [-0.2, -0.15) is 0 Å². The summed E-state index contributed by atoms with van der Waals surface area (Å²) in [5, 5.41) is 0. The average Bonchev–Trinajstić information content (AvgIpc) is 2.76. The van der Waals surface area contributed by atoms with Gasteiger partial charge in [-0.3, -0.25) is 14.4 Å². The van der Waals surface area contributed by atoms with Gasteiger partial charge in [0.15, 0.2) is 5.78 Å². The van der Waals surface area contributed by atoms with E-state index in [0.717, 1.165) is 19.3 Å². The number of carbonyl (C=O) groups is 3. The molecule has 0 aromatic carbocycles. The Hall–Kier alpha value is -1.39. The van der Waals surface area contributed by atoms with E-state index in [1.54, 1.807) is 0 Å². The van der Waals surface area contributed by atoms with E-state index in [4.69, 9.17) is 9.47 Å². The topological polar surface area (TPSA) is 69.7 Å². The standard InChI is InChI=1S/C14H20O5/c1-14(2)18-12(16)11(13(17)19-14)10(15)8-7-9-5-3-4-6-9/h9,11H,3-8H2,1-2H3. The Morgan fingerprint density at radius 3 is 2.21 bits per heavy atom. The fraction of sp³-hybridized carbons (Fsp3) is 0.786. The molecule has 1 heterocycles. The van der Waals surface area contributed by atoms with Crippen molar-refractivity contribution < 1.29 is 23.9 Å². The van der Waals surface area contributed by atoms with E-state index in [-0.39, 0.29) is 12.2 Å². The molecule has 1 saturated heterocycles. The predicted octanol–water partition coefficient (Wildman–Crippen LogP) is 1.98. The largest absolute Gasteiger partial charge is 0.422 e. The summed E-state index contributed by atoms with van der Waals surface area (Å²) in [4.78, 5) is 35.4. The molecule has 5 heteroatoms. The van der Waals surface area contributed by atoms with Crippen molar-refractivity contribution in [2.45, 2.75) is 58.2 Å². The first-order chi connectivity index (χ1) is 8.89. The first-order valence-electron chi connectivity index (χ1n) is 6.87. The fourth-order valence-corrected chi connectivity index (χ4v) is 2.77. The van der Waals surface area contributed by atoms with Gasteiger partial charge in [0.25, 0.3) is 5.79 Å². The van der Waals surface area contributed by atoms with Crippen LogP contribution in [-0.4, -0.2) is 23.5 Å². The Labute approximate surface area is 112 Å². The highest BCUT2D eigenvalue weighted by atomic mass is 16.7. The molecule has 0 atom stereocenters. The second-order valence-corrected chi connectivity index (χ2v) is 5.83. The highest BCUT2D eigenvalue weighted by Crippen LogP contribution is 2.30. The highest BCUT2D eigenvalue weighted by Gasteiger charge is 2.46. The van der Waals surface area contributed by atoms with Crippen LogP contribution in [0.3, 0.4) is 0 Å². The molecule has 0 bridgehead atoms. The van der Waals surface area contributed by atoms with Crippen LogP contribution in [0.1, 0.15) is 52.4 Å². The molecule has 2 fully saturated rings. The molecule has 1 saturated carbocycles. The zero-order valence-corrected chi connectivity index (χ0v) is 11.4. The molecule has 0 unspecified atom stereocenters. The molecule has 0 amide bonds. The number of hydrogen-bond acceptors (Lipinski definition) is 5. The van der Waals surface area contributed by atoms with Crippen LogP contribution in [0, 0.1) is 11.8 Å². The number of Topliss-reactive ketones (excluding diaryl/α,β-unsaturated/α-hetero) is 1. The number of ketones is 1. The Kier molecular flexibility index (Phi) is 3.92. The molecule has 0 N–H and O–H groups in total. The van der Waals surface area contributed by atoms with Crippen molar-refractivity contribution >= 4 is 17.7 Å². The van der Waals surface area contributed by atoms with Gasteiger partial charge in [0.1, 0.15) is 0 Å². The highest BCUT2D eigenvalue weighted by molar-refractivity contribution is 6.15. The van der Waals surface area contributed by atoms with Crippen molar-refractivity contribution in [3.05, 3.63) is 0 Å². The minimum Gasteiger partial charge on any atom is -0.422 e. The third-order valence-electron chi connectivity index (χ3n) is 3.76. The number of hydrogen-bond donors (Lipinski definition) is 0. The molecule has 2 rings (SSSR count). The lowest BCUT2D eigenvalue weighted by molar-refractivity contribution is -0.238. The molecule has 0 aromatic rings. The maximum atomic E-state index is 12.0. The Balaban J connectivity index is 1.91. The lowest BCUT2D eigenvalue weighted by Gasteiger charge is -2.32. The third-order valence-corrected chi connectivity index (χ3v) is 3.76. The number of rotatable bonds is 4. The molecule has 0 spiro atoms. The number of cyclic esters (lactones) is 2. The van der Waals surface area contributed by atoms with Gasteiger partial charge in [-0.05, 0) is 12.3 Å². The summed E-state index contributed by atoms with van der Waals surface area (Å²) in [6.07, 6.45) is 5.69. The normalized spacial score (nSPS) is 24.1. The first-order valence-corrected chi connectivity index (χ1v) is 6.87. The SMILES string of the molecule is CC1(C)OC(=O)C(C(=O)CCC2CCCC2)C(=O)O1. The van der Waals surface area contributed by atoms with Gasteiger partial charge in [0.2, 0.25) is 5.92 Å². The minimum absolute atomic E-state index is 0.250. The van der Waals surface area contributed by atoms with Gasteiger partial charge in [0.05, 0.1) is 0 Å². The molecule has 2 aliphatic rings. The van der Waals surface area contributed by atoms with Crippen molar-refractivity contribution in [2.24, 2.45) is 11.8 Å². The quantitative estimate of drug-likeness (QED) is 0.576.